The molecule has 0 bridgehead atoms. The van der Waals surface area contributed by atoms with Crippen molar-refractivity contribution in [2.75, 3.05) is 31.4 Å². The first-order valence-electron chi connectivity index (χ1n) is 7.00. The molecule has 21 heavy (non-hydrogen) atoms. The number of aromatic nitrogens is 1. The molecule has 0 saturated carbocycles. The Kier molecular flexibility index (Phi) is 5.96. The molecule has 2 amide bonds. The lowest BCUT2D eigenvalue weighted by atomic mass is 10.00. The Balaban J connectivity index is 2.62. The van der Waals surface area contributed by atoms with Gasteiger partial charge in [0.2, 0.25) is 0 Å². The van der Waals surface area contributed by atoms with Crippen LogP contribution >= 0.6 is 0 Å². The molecular weight excluding hydrogens is 268 g/mol. The van der Waals surface area contributed by atoms with E-state index in [-0.39, 0.29) is 17.7 Å². The number of nitrogens with one attached hydrogen (secondary N) is 2. The predicted octanol–water partition coefficient (Wildman–Crippen LogP) is 2.47. The molecule has 1 unspecified atom stereocenters. The van der Waals surface area contributed by atoms with Crippen LogP contribution in [0.2, 0.25) is 0 Å². The second-order valence-corrected chi connectivity index (χ2v) is 5.93. The number of urea groups is 1. The van der Waals surface area contributed by atoms with E-state index in [0.717, 1.165) is 12.1 Å². The summed E-state index contributed by atoms with van der Waals surface area (Å²) in [6, 6.07) is 3.46. The lowest BCUT2D eigenvalue weighted by molar-refractivity contribution is 0.00963. The molecule has 1 heterocycles. The summed E-state index contributed by atoms with van der Waals surface area (Å²) < 4.78 is 5.37. The van der Waals surface area contributed by atoms with Crippen LogP contribution in [0.5, 0.6) is 0 Å². The first kappa shape index (κ1) is 17.2. The van der Waals surface area contributed by atoms with E-state index in [1.807, 2.05) is 51.9 Å². The van der Waals surface area contributed by atoms with Crippen molar-refractivity contribution in [3.05, 3.63) is 18.3 Å². The SMILES string of the molecule is COC(C)(C)CC(C)NC(=O)Nc1ncccc1N(C)C. The van der Waals surface area contributed by atoms with E-state index in [1.165, 1.54) is 0 Å². The molecule has 2 N–H and O–H groups in total. The second-order valence-electron chi connectivity index (χ2n) is 5.93. The summed E-state index contributed by atoms with van der Waals surface area (Å²) >= 11 is 0. The average molecular weight is 294 g/mol. The van der Waals surface area contributed by atoms with Gasteiger partial charge >= 0.3 is 6.03 Å². The van der Waals surface area contributed by atoms with E-state index in [2.05, 4.69) is 15.6 Å². The van der Waals surface area contributed by atoms with Crippen molar-refractivity contribution in [2.24, 2.45) is 0 Å². The van der Waals surface area contributed by atoms with Gasteiger partial charge in [0.1, 0.15) is 0 Å². The van der Waals surface area contributed by atoms with Crippen LogP contribution in [-0.4, -0.2) is 43.9 Å². The normalized spacial score (nSPS) is 12.7. The highest BCUT2D eigenvalue weighted by Gasteiger charge is 2.21. The molecule has 0 aliphatic carbocycles. The van der Waals surface area contributed by atoms with Gasteiger partial charge in [0.15, 0.2) is 5.82 Å². The molecule has 0 saturated heterocycles. The number of hydrogen-bond donors (Lipinski definition) is 2. The third-order valence-corrected chi connectivity index (χ3v) is 3.23. The number of hydrogen-bond acceptors (Lipinski definition) is 4. The van der Waals surface area contributed by atoms with Crippen molar-refractivity contribution < 1.29 is 9.53 Å². The Morgan fingerprint density at radius 3 is 2.71 bits per heavy atom. The lowest BCUT2D eigenvalue weighted by Crippen LogP contribution is -2.41. The zero-order chi connectivity index (χ0) is 16.0. The molecule has 1 atom stereocenters. The summed E-state index contributed by atoms with van der Waals surface area (Å²) in [6.07, 6.45) is 2.37. The Morgan fingerprint density at radius 1 is 1.48 bits per heavy atom. The zero-order valence-corrected chi connectivity index (χ0v) is 13.7. The van der Waals surface area contributed by atoms with Crippen molar-refractivity contribution in [3.8, 4) is 0 Å². The predicted molar refractivity (Wildman–Crippen MR) is 85.9 cm³/mol. The molecule has 0 fully saturated rings. The van der Waals surface area contributed by atoms with Gasteiger partial charge in [0.05, 0.1) is 11.3 Å². The van der Waals surface area contributed by atoms with Crippen molar-refractivity contribution in [1.29, 1.82) is 0 Å². The maximum Gasteiger partial charge on any atom is 0.320 e. The fourth-order valence-corrected chi connectivity index (χ4v) is 2.09. The second kappa shape index (κ2) is 7.26. The third-order valence-electron chi connectivity index (χ3n) is 3.23. The minimum absolute atomic E-state index is 0.00790. The van der Waals surface area contributed by atoms with Crippen LogP contribution < -0.4 is 15.5 Å². The van der Waals surface area contributed by atoms with Crippen molar-refractivity contribution in [1.82, 2.24) is 10.3 Å². The van der Waals surface area contributed by atoms with Crippen LogP contribution in [0.3, 0.4) is 0 Å². The number of methoxy groups -OCH3 is 1. The lowest BCUT2D eigenvalue weighted by Gasteiger charge is -2.27. The Labute approximate surface area is 126 Å². The van der Waals surface area contributed by atoms with Gasteiger partial charge in [-0.3, -0.25) is 5.32 Å². The quantitative estimate of drug-likeness (QED) is 0.846. The maximum atomic E-state index is 12.1. The topological polar surface area (TPSA) is 66.5 Å². The van der Waals surface area contributed by atoms with Gasteiger partial charge < -0.3 is 15.0 Å². The Bertz CT molecular complexity index is 474. The number of ether oxygens (including phenoxy) is 1. The summed E-state index contributed by atoms with van der Waals surface area (Å²) in [5.74, 6) is 0.540. The number of carbonyl (C=O) groups is 1. The molecule has 6 nitrogen and oxygen atoms in total. The molecule has 1 aromatic rings. The zero-order valence-electron chi connectivity index (χ0n) is 13.7. The number of pyridine rings is 1. The average Bonchev–Trinajstić information content (AvgIpc) is 2.38. The fraction of sp³-hybridized carbons (Fsp3) is 0.600. The monoisotopic (exact) mass is 294 g/mol. The van der Waals surface area contributed by atoms with Crippen LogP contribution in [0.15, 0.2) is 18.3 Å². The largest absolute Gasteiger partial charge is 0.379 e. The van der Waals surface area contributed by atoms with Crippen LogP contribution in [0.4, 0.5) is 16.3 Å². The van der Waals surface area contributed by atoms with E-state index < -0.39 is 0 Å². The van der Waals surface area contributed by atoms with E-state index >= 15 is 0 Å². The highest BCUT2D eigenvalue weighted by Crippen LogP contribution is 2.20. The van der Waals surface area contributed by atoms with Gasteiger partial charge in [-0.05, 0) is 39.3 Å². The fourth-order valence-electron chi connectivity index (χ4n) is 2.09. The Morgan fingerprint density at radius 2 is 2.14 bits per heavy atom. The van der Waals surface area contributed by atoms with Crippen LogP contribution in [0.25, 0.3) is 0 Å². The van der Waals surface area contributed by atoms with Gasteiger partial charge in [-0.1, -0.05) is 0 Å². The molecule has 0 radical (unpaired) electrons. The van der Waals surface area contributed by atoms with Gasteiger partial charge in [0.25, 0.3) is 0 Å². The minimum Gasteiger partial charge on any atom is -0.379 e. The smallest absolute Gasteiger partial charge is 0.320 e. The molecule has 118 valence electrons. The van der Waals surface area contributed by atoms with E-state index in [1.54, 1.807) is 13.3 Å². The maximum absolute atomic E-state index is 12.1. The summed E-state index contributed by atoms with van der Waals surface area (Å²) in [6.45, 7) is 5.93. The van der Waals surface area contributed by atoms with E-state index in [0.29, 0.717) is 5.82 Å². The van der Waals surface area contributed by atoms with Gasteiger partial charge in [-0.25, -0.2) is 9.78 Å². The summed E-state index contributed by atoms with van der Waals surface area (Å²) in [5.41, 5.74) is 0.587. The van der Waals surface area contributed by atoms with Crippen LogP contribution in [-0.2, 0) is 4.74 Å². The molecule has 0 aromatic carbocycles. The minimum atomic E-state index is -0.271. The number of anilines is 2. The molecule has 0 spiro atoms. The third kappa shape index (κ3) is 5.59. The van der Waals surface area contributed by atoms with Crippen molar-refractivity contribution in [3.63, 3.8) is 0 Å². The van der Waals surface area contributed by atoms with Crippen molar-refractivity contribution in [2.45, 2.75) is 38.8 Å². The molecule has 1 rings (SSSR count). The van der Waals surface area contributed by atoms with Gasteiger partial charge in [-0.15, -0.1) is 0 Å². The molecular formula is C15H26N4O2. The van der Waals surface area contributed by atoms with Crippen molar-refractivity contribution >= 4 is 17.5 Å². The molecule has 1 aromatic heterocycles. The van der Waals surface area contributed by atoms with Crippen LogP contribution in [0, 0.1) is 0 Å². The van der Waals surface area contributed by atoms with Gasteiger partial charge in [-0.2, -0.15) is 0 Å². The number of carbonyl (C=O) groups excluding carboxylic acids is 1. The molecule has 0 aliphatic heterocycles. The summed E-state index contributed by atoms with van der Waals surface area (Å²) in [4.78, 5) is 18.2. The standard InChI is InChI=1S/C15H26N4O2/c1-11(10-15(2,3)21-6)17-14(20)18-13-12(19(4)5)8-7-9-16-13/h7-9,11H,10H2,1-6H3,(H2,16,17,18,20). The number of amides is 2. The number of rotatable bonds is 6. The molecule has 0 aliphatic rings. The first-order chi connectivity index (χ1) is 9.75. The number of nitrogens with zero attached hydrogens (tertiary/aromatic N) is 2. The summed E-state index contributed by atoms with van der Waals surface area (Å²) in [5, 5.41) is 5.68. The Hall–Kier alpha value is -1.82. The summed E-state index contributed by atoms with van der Waals surface area (Å²) in [7, 11) is 5.48. The highest BCUT2D eigenvalue weighted by atomic mass is 16.5. The van der Waals surface area contributed by atoms with E-state index in [9.17, 15) is 4.79 Å². The first-order valence-corrected chi connectivity index (χ1v) is 7.00. The van der Waals surface area contributed by atoms with Gasteiger partial charge in [0, 0.05) is 33.4 Å². The van der Waals surface area contributed by atoms with E-state index in [4.69, 9.17) is 4.74 Å². The highest BCUT2D eigenvalue weighted by molar-refractivity contribution is 5.91. The van der Waals surface area contributed by atoms with Crippen LogP contribution in [0.1, 0.15) is 27.2 Å². The molecule has 6 heteroatoms.